The van der Waals surface area contributed by atoms with E-state index in [2.05, 4.69) is 15.6 Å². The summed E-state index contributed by atoms with van der Waals surface area (Å²) < 4.78 is 0. The SMILES string of the molecule is O=C(NC1CCCC1)c1ccc(NCCc2ccc(Cl)cc2)cn1. The minimum Gasteiger partial charge on any atom is -0.383 e. The first-order valence-corrected chi connectivity index (χ1v) is 8.84. The lowest BCUT2D eigenvalue weighted by Crippen LogP contribution is -2.33. The number of nitrogens with zero attached hydrogens (tertiary/aromatic N) is 1. The van der Waals surface area contributed by atoms with Crippen molar-refractivity contribution in [3.8, 4) is 0 Å². The number of carbonyl (C=O) groups is 1. The molecule has 0 unspecified atom stereocenters. The molecule has 1 aromatic carbocycles. The van der Waals surface area contributed by atoms with E-state index in [4.69, 9.17) is 11.6 Å². The quantitative estimate of drug-likeness (QED) is 0.831. The Morgan fingerprint density at radius 2 is 1.88 bits per heavy atom. The molecule has 0 radical (unpaired) electrons. The van der Waals surface area contributed by atoms with Crippen molar-refractivity contribution >= 4 is 23.2 Å². The summed E-state index contributed by atoms with van der Waals surface area (Å²) in [5.74, 6) is -0.0744. The second-order valence-electron chi connectivity index (χ2n) is 6.19. The lowest BCUT2D eigenvalue weighted by Gasteiger charge is -2.12. The Morgan fingerprint density at radius 1 is 1.12 bits per heavy atom. The van der Waals surface area contributed by atoms with Gasteiger partial charge in [-0.25, -0.2) is 4.98 Å². The van der Waals surface area contributed by atoms with Crippen molar-refractivity contribution < 1.29 is 4.79 Å². The Hall–Kier alpha value is -2.07. The summed E-state index contributed by atoms with van der Waals surface area (Å²) in [6.07, 6.45) is 7.18. The van der Waals surface area contributed by atoms with Crippen molar-refractivity contribution in [3.05, 3.63) is 58.9 Å². The van der Waals surface area contributed by atoms with Gasteiger partial charge in [-0.3, -0.25) is 4.79 Å². The first kappa shape index (κ1) is 16.8. The van der Waals surface area contributed by atoms with Crippen molar-refractivity contribution in [1.29, 1.82) is 0 Å². The maximum atomic E-state index is 12.1. The van der Waals surface area contributed by atoms with Gasteiger partial charge in [0.05, 0.1) is 11.9 Å². The number of nitrogens with one attached hydrogen (secondary N) is 2. The van der Waals surface area contributed by atoms with Crippen LogP contribution in [0, 0.1) is 0 Å². The summed E-state index contributed by atoms with van der Waals surface area (Å²) in [5.41, 5.74) is 2.62. The summed E-state index contributed by atoms with van der Waals surface area (Å²) in [4.78, 5) is 16.4. The number of amides is 1. The highest BCUT2D eigenvalue weighted by Gasteiger charge is 2.18. The van der Waals surface area contributed by atoms with Gasteiger partial charge in [0.15, 0.2) is 0 Å². The van der Waals surface area contributed by atoms with E-state index < -0.39 is 0 Å². The topological polar surface area (TPSA) is 54.0 Å². The lowest BCUT2D eigenvalue weighted by atomic mass is 10.1. The summed E-state index contributed by atoms with van der Waals surface area (Å²) in [6.45, 7) is 0.803. The molecule has 0 atom stereocenters. The molecule has 1 amide bonds. The molecule has 0 saturated heterocycles. The summed E-state index contributed by atoms with van der Waals surface area (Å²) in [7, 11) is 0. The molecule has 1 aliphatic rings. The van der Waals surface area contributed by atoms with E-state index in [1.807, 2.05) is 30.3 Å². The summed E-state index contributed by atoms with van der Waals surface area (Å²) in [5, 5.41) is 7.12. The lowest BCUT2D eigenvalue weighted by molar-refractivity contribution is 0.0933. The smallest absolute Gasteiger partial charge is 0.270 e. The Kier molecular flexibility index (Phi) is 5.70. The number of benzene rings is 1. The molecule has 0 aliphatic heterocycles. The third-order valence-corrected chi connectivity index (χ3v) is 4.59. The minimum absolute atomic E-state index is 0.0744. The zero-order valence-corrected chi connectivity index (χ0v) is 14.4. The summed E-state index contributed by atoms with van der Waals surface area (Å²) in [6, 6.07) is 11.8. The Labute approximate surface area is 147 Å². The second kappa shape index (κ2) is 8.15. The van der Waals surface area contributed by atoms with E-state index in [0.717, 1.165) is 36.5 Å². The Morgan fingerprint density at radius 3 is 2.54 bits per heavy atom. The highest BCUT2D eigenvalue weighted by molar-refractivity contribution is 6.30. The normalized spacial score (nSPS) is 14.5. The molecule has 4 nitrogen and oxygen atoms in total. The van der Waals surface area contributed by atoms with Gasteiger partial charge in [0.2, 0.25) is 0 Å². The van der Waals surface area contributed by atoms with E-state index in [0.29, 0.717) is 11.7 Å². The fourth-order valence-corrected chi connectivity index (χ4v) is 3.09. The minimum atomic E-state index is -0.0744. The van der Waals surface area contributed by atoms with Crippen LogP contribution >= 0.6 is 11.6 Å². The number of rotatable bonds is 6. The average molecular weight is 344 g/mol. The van der Waals surface area contributed by atoms with Crippen LogP contribution in [0.5, 0.6) is 0 Å². The maximum absolute atomic E-state index is 12.1. The molecule has 3 rings (SSSR count). The number of anilines is 1. The van der Waals surface area contributed by atoms with Crippen molar-refractivity contribution in [3.63, 3.8) is 0 Å². The molecule has 2 aromatic rings. The van der Waals surface area contributed by atoms with Crippen LogP contribution in [0.1, 0.15) is 41.7 Å². The maximum Gasteiger partial charge on any atom is 0.270 e. The van der Waals surface area contributed by atoms with Gasteiger partial charge in [-0.1, -0.05) is 36.6 Å². The van der Waals surface area contributed by atoms with Gasteiger partial charge in [-0.2, -0.15) is 0 Å². The molecule has 126 valence electrons. The Bertz CT molecular complexity index is 664. The second-order valence-corrected chi connectivity index (χ2v) is 6.63. The first-order valence-electron chi connectivity index (χ1n) is 8.46. The van der Waals surface area contributed by atoms with Crippen LogP contribution in [0.3, 0.4) is 0 Å². The molecular weight excluding hydrogens is 322 g/mol. The zero-order valence-electron chi connectivity index (χ0n) is 13.6. The predicted octanol–water partition coefficient (Wildman–Crippen LogP) is 4.06. The van der Waals surface area contributed by atoms with Crippen LogP contribution in [0.25, 0.3) is 0 Å². The van der Waals surface area contributed by atoms with Crippen molar-refractivity contribution in [2.75, 3.05) is 11.9 Å². The molecule has 1 saturated carbocycles. The fourth-order valence-electron chi connectivity index (χ4n) is 2.96. The van der Waals surface area contributed by atoms with Crippen molar-refractivity contribution in [2.45, 2.75) is 38.1 Å². The van der Waals surface area contributed by atoms with Crippen molar-refractivity contribution in [1.82, 2.24) is 10.3 Å². The number of hydrogen-bond acceptors (Lipinski definition) is 3. The van der Waals surface area contributed by atoms with Gasteiger partial charge in [0.1, 0.15) is 5.69 Å². The molecular formula is C19H22ClN3O. The molecule has 1 fully saturated rings. The fraction of sp³-hybridized carbons (Fsp3) is 0.368. The molecule has 1 heterocycles. The van der Waals surface area contributed by atoms with Gasteiger partial charge >= 0.3 is 0 Å². The number of carbonyl (C=O) groups excluding carboxylic acids is 1. The van der Waals surface area contributed by atoms with Crippen LogP contribution in [0.4, 0.5) is 5.69 Å². The predicted molar refractivity (Wildman–Crippen MR) is 97.6 cm³/mol. The first-order chi connectivity index (χ1) is 11.7. The molecule has 1 aromatic heterocycles. The third-order valence-electron chi connectivity index (χ3n) is 4.34. The van der Waals surface area contributed by atoms with Crippen LogP contribution < -0.4 is 10.6 Å². The highest BCUT2D eigenvalue weighted by atomic mass is 35.5. The average Bonchev–Trinajstić information content (AvgIpc) is 3.10. The molecule has 0 spiro atoms. The molecule has 1 aliphatic carbocycles. The molecule has 2 N–H and O–H groups in total. The molecule has 24 heavy (non-hydrogen) atoms. The van der Waals surface area contributed by atoms with E-state index in [1.54, 1.807) is 12.3 Å². The van der Waals surface area contributed by atoms with E-state index in [-0.39, 0.29) is 5.91 Å². The van der Waals surface area contributed by atoms with Gasteiger partial charge in [0, 0.05) is 17.6 Å². The summed E-state index contributed by atoms with van der Waals surface area (Å²) >= 11 is 5.88. The van der Waals surface area contributed by atoms with Crippen LogP contribution in [0.15, 0.2) is 42.6 Å². The largest absolute Gasteiger partial charge is 0.383 e. The van der Waals surface area contributed by atoms with Gasteiger partial charge in [-0.15, -0.1) is 0 Å². The number of aromatic nitrogens is 1. The van der Waals surface area contributed by atoms with Gasteiger partial charge < -0.3 is 10.6 Å². The third kappa shape index (κ3) is 4.71. The molecule has 5 heteroatoms. The zero-order chi connectivity index (χ0) is 16.8. The van der Waals surface area contributed by atoms with E-state index in [9.17, 15) is 4.79 Å². The van der Waals surface area contributed by atoms with Crippen LogP contribution in [-0.4, -0.2) is 23.5 Å². The number of halogens is 1. The van der Waals surface area contributed by atoms with Crippen LogP contribution in [-0.2, 0) is 6.42 Å². The molecule has 0 bridgehead atoms. The number of hydrogen-bond donors (Lipinski definition) is 2. The van der Waals surface area contributed by atoms with Gasteiger partial charge in [0.25, 0.3) is 5.91 Å². The van der Waals surface area contributed by atoms with Crippen LogP contribution in [0.2, 0.25) is 5.02 Å². The monoisotopic (exact) mass is 343 g/mol. The Balaban J connectivity index is 1.47. The van der Waals surface area contributed by atoms with E-state index >= 15 is 0 Å². The van der Waals surface area contributed by atoms with Crippen molar-refractivity contribution in [2.24, 2.45) is 0 Å². The standard InChI is InChI=1S/C19H22ClN3O/c20-15-7-5-14(6-8-15)11-12-21-17-9-10-18(22-13-17)19(24)23-16-3-1-2-4-16/h5-10,13,16,21H,1-4,11-12H2,(H,23,24). The highest BCUT2D eigenvalue weighted by Crippen LogP contribution is 2.18. The van der Waals surface area contributed by atoms with Gasteiger partial charge in [-0.05, 0) is 49.1 Å². The number of pyridine rings is 1. The van der Waals surface area contributed by atoms with E-state index in [1.165, 1.54) is 18.4 Å².